The van der Waals surface area contributed by atoms with Crippen LogP contribution < -0.4 is 0 Å². The van der Waals surface area contributed by atoms with Gasteiger partial charge in [-0.25, -0.2) is 0 Å². The van der Waals surface area contributed by atoms with E-state index in [1.54, 1.807) is 13.3 Å². The van der Waals surface area contributed by atoms with E-state index in [1.807, 2.05) is 47.0 Å². The Labute approximate surface area is 129 Å². The molecule has 3 rings (SSSR count). The highest BCUT2D eigenvalue weighted by molar-refractivity contribution is 5.94. The summed E-state index contributed by atoms with van der Waals surface area (Å²) in [6.45, 7) is 1.57. The molecule has 0 radical (unpaired) electrons. The molecular formula is C18H17N3O. The van der Waals surface area contributed by atoms with Crippen LogP contribution in [-0.2, 0) is 12.8 Å². The molecular weight excluding hydrogens is 274 g/mol. The standard InChI is InChI=1S/C18H17N3O/c1-14(22)16-8-5-9-17(12-16)21-13-19-20-18(21)11-10-15-6-3-2-4-7-15/h2-9,12-13H,10-11H2,1H3. The van der Waals surface area contributed by atoms with Crippen LogP contribution in [0, 0.1) is 0 Å². The second kappa shape index (κ2) is 6.35. The van der Waals surface area contributed by atoms with Crippen LogP contribution in [0.1, 0.15) is 28.7 Å². The van der Waals surface area contributed by atoms with E-state index in [0.717, 1.165) is 24.4 Å². The number of carbonyl (C=O) groups is 1. The Balaban J connectivity index is 1.83. The highest BCUT2D eigenvalue weighted by Gasteiger charge is 2.08. The maximum atomic E-state index is 11.5. The van der Waals surface area contributed by atoms with Gasteiger partial charge in [0.1, 0.15) is 12.2 Å². The molecule has 22 heavy (non-hydrogen) atoms. The molecule has 0 atom stereocenters. The Bertz CT molecular complexity index is 778. The smallest absolute Gasteiger partial charge is 0.159 e. The second-order valence-corrected chi connectivity index (χ2v) is 5.21. The van der Waals surface area contributed by atoms with Crippen molar-refractivity contribution in [2.24, 2.45) is 0 Å². The average molecular weight is 291 g/mol. The first-order chi connectivity index (χ1) is 10.7. The molecule has 0 unspecified atom stereocenters. The van der Waals surface area contributed by atoms with Crippen LogP contribution in [0.15, 0.2) is 60.9 Å². The second-order valence-electron chi connectivity index (χ2n) is 5.21. The third-order valence-electron chi connectivity index (χ3n) is 3.63. The monoisotopic (exact) mass is 291 g/mol. The molecule has 0 spiro atoms. The molecule has 0 aliphatic carbocycles. The normalized spacial score (nSPS) is 10.6. The van der Waals surface area contributed by atoms with Crippen molar-refractivity contribution in [1.29, 1.82) is 0 Å². The summed E-state index contributed by atoms with van der Waals surface area (Å²) in [7, 11) is 0. The highest BCUT2D eigenvalue weighted by atomic mass is 16.1. The number of hydrogen-bond acceptors (Lipinski definition) is 3. The Morgan fingerprint density at radius 1 is 1.05 bits per heavy atom. The summed E-state index contributed by atoms with van der Waals surface area (Å²) < 4.78 is 1.94. The maximum absolute atomic E-state index is 11.5. The van der Waals surface area contributed by atoms with Gasteiger partial charge in [-0.15, -0.1) is 10.2 Å². The molecule has 0 saturated heterocycles. The van der Waals surface area contributed by atoms with Crippen molar-refractivity contribution >= 4 is 5.78 Å². The van der Waals surface area contributed by atoms with Gasteiger partial charge in [0.15, 0.2) is 5.78 Å². The molecule has 4 nitrogen and oxygen atoms in total. The summed E-state index contributed by atoms with van der Waals surface area (Å²) in [4.78, 5) is 11.5. The minimum atomic E-state index is 0.0563. The number of carbonyl (C=O) groups excluding carboxylic acids is 1. The van der Waals surface area contributed by atoms with Gasteiger partial charge in [-0.05, 0) is 31.0 Å². The van der Waals surface area contributed by atoms with E-state index < -0.39 is 0 Å². The van der Waals surface area contributed by atoms with Crippen molar-refractivity contribution in [3.8, 4) is 5.69 Å². The van der Waals surface area contributed by atoms with Crippen molar-refractivity contribution < 1.29 is 4.79 Å². The molecule has 0 aliphatic heterocycles. The van der Waals surface area contributed by atoms with Crippen LogP contribution in [0.2, 0.25) is 0 Å². The van der Waals surface area contributed by atoms with Gasteiger partial charge in [-0.2, -0.15) is 0 Å². The molecule has 2 aromatic carbocycles. The van der Waals surface area contributed by atoms with Gasteiger partial charge < -0.3 is 0 Å². The Morgan fingerprint density at radius 2 is 1.86 bits per heavy atom. The van der Waals surface area contributed by atoms with Gasteiger partial charge in [-0.3, -0.25) is 9.36 Å². The lowest BCUT2D eigenvalue weighted by molar-refractivity contribution is 0.101. The lowest BCUT2D eigenvalue weighted by Crippen LogP contribution is -2.04. The number of aromatic nitrogens is 3. The lowest BCUT2D eigenvalue weighted by atomic mass is 10.1. The maximum Gasteiger partial charge on any atom is 0.159 e. The molecule has 0 fully saturated rings. The molecule has 110 valence electrons. The number of aryl methyl sites for hydroxylation is 2. The number of ketones is 1. The molecule has 0 amide bonds. The number of benzene rings is 2. The zero-order chi connectivity index (χ0) is 15.4. The average Bonchev–Trinajstić information content (AvgIpc) is 3.02. The Kier molecular flexibility index (Phi) is 4.10. The molecule has 1 heterocycles. The quantitative estimate of drug-likeness (QED) is 0.678. The van der Waals surface area contributed by atoms with Gasteiger partial charge in [-0.1, -0.05) is 42.5 Å². The minimum absolute atomic E-state index is 0.0563. The third-order valence-corrected chi connectivity index (χ3v) is 3.63. The zero-order valence-electron chi connectivity index (χ0n) is 12.4. The fourth-order valence-corrected chi connectivity index (χ4v) is 2.42. The van der Waals surface area contributed by atoms with Crippen LogP contribution >= 0.6 is 0 Å². The number of Topliss-reactive ketones (excluding diaryl/α,β-unsaturated/α-hetero) is 1. The SMILES string of the molecule is CC(=O)c1cccc(-n2cnnc2CCc2ccccc2)c1. The molecule has 0 N–H and O–H groups in total. The number of hydrogen-bond donors (Lipinski definition) is 0. The van der Waals surface area contributed by atoms with E-state index in [2.05, 4.69) is 22.3 Å². The first-order valence-electron chi connectivity index (χ1n) is 7.28. The predicted octanol–water partition coefficient (Wildman–Crippen LogP) is 3.26. The fourth-order valence-electron chi connectivity index (χ4n) is 2.42. The van der Waals surface area contributed by atoms with Crippen LogP contribution in [0.25, 0.3) is 5.69 Å². The van der Waals surface area contributed by atoms with Crippen molar-refractivity contribution in [3.63, 3.8) is 0 Å². The topological polar surface area (TPSA) is 47.8 Å². The van der Waals surface area contributed by atoms with Crippen molar-refractivity contribution in [1.82, 2.24) is 14.8 Å². The van der Waals surface area contributed by atoms with E-state index in [9.17, 15) is 4.79 Å². The van der Waals surface area contributed by atoms with E-state index >= 15 is 0 Å². The Hall–Kier alpha value is -2.75. The van der Waals surface area contributed by atoms with Crippen LogP contribution in [-0.4, -0.2) is 20.5 Å². The molecule has 1 aromatic heterocycles. The fraction of sp³-hybridized carbons (Fsp3) is 0.167. The first-order valence-corrected chi connectivity index (χ1v) is 7.28. The van der Waals surface area contributed by atoms with Crippen molar-refractivity contribution in [3.05, 3.63) is 77.9 Å². The van der Waals surface area contributed by atoms with Gasteiger partial charge in [0, 0.05) is 17.7 Å². The number of rotatable bonds is 5. The largest absolute Gasteiger partial charge is 0.295 e. The molecule has 0 bridgehead atoms. The summed E-state index contributed by atoms with van der Waals surface area (Å²) in [5.41, 5.74) is 2.88. The van der Waals surface area contributed by atoms with Crippen LogP contribution in [0.5, 0.6) is 0 Å². The molecule has 0 aliphatic rings. The summed E-state index contributed by atoms with van der Waals surface area (Å²) in [6.07, 6.45) is 3.40. The number of nitrogens with zero attached hydrogens (tertiary/aromatic N) is 3. The van der Waals surface area contributed by atoms with E-state index in [1.165, 1.54) is 5.56 Å². The molecule has 0 saturated carbocycles. The van der Waals surface area contributed by atoms with Gasteiger partial charge in [0.25, 0.3) is 0 Å². The van der Waals surface area contributed by atoms with Gasteiger partial charge >= 0.3 is 0 Å². The highest BCUT2D eigenvalue weighted by Crippen LogP contribution is 2.14. The molecule has 4 heteroatoms. The van der Waals surface area contributed by atoms with Crippen molar-refractivity contribution in [2.75, 3.05) is 0 Å². The summed E-state index contributed by atoms with van der Waals surface area (Å²) >= 11 is 0. The van der Waals surface area contributed by atoms with Crippen LogP contribution in [0.3, 0.4) is 0 Å². The first kappa shape index (κ1) is 14.2. The van der Waals surface area contributed by atoms with E-state index in [4.69, 9.17) is 0 Å². The summed E-state index contributed by atoms with van der Waals surface area (Å²) in [5, 5.41) is 8.22. The zero-order valence-corrected chi connectivity index (χ0v) is 12.4. The molecule has 3 aromatic rings. The Morgan fingerprint density at radius 3 is 2.64 bits per heavy atom. The minimum Gasteiger partial charge on any atom is -0.295 e. The van der Waals surface area contributed by atoms with E-state index in [0.29, 0.717) is 5.56 Å². The summed E-state index contributed by atoms with van der Waals surface area (Å²) in [5.74, 6) is 0.949. The van der Waals surface area contributed by atoms with Gasteiger partial charge in [0.2, 0.25) is 0 Å². The van der Waals surface area contributed by atoms with Crippen LogP contribution in [0.4, 0.5) is 0 Å². The van der Waals surface area contributed by atoms with Crippen molar-refractivity contribution in [2.45, 2.75) is 19.8 Å². The summed E-state index contributed by atoms with van der Waals surface area (Å²) in [6, 6.07) is 17.8. The predicted molar refractivity (Wildman–Crippen MR) is 85.2 cm³/mol. The lowest BCUT2D eigenvalue weighted by Gasteiger charge is -2.08. The third kappa shape index (κ3) is 3.11. The van der Waals surface area contributed by atoms with Gasteiger partial charge in [0.05, 0.1) is 0 Å². The van der Waals surface area contributed by atoms with E-state index in [-0.39, 0.29) is 5.78 Å².